The number of amides is 1. The fraction of sp³-hybridized carbons (Fsp3) is 0.133. The molecule has 5 nitrogen and oxygen atoms in total. The molecule has 0 aromatic heterocycles. The van der Waals surface area contributed by atoms with Crippen LogP contribution in [0.5, 0.6) is 11.5 Å². The number of hydrogen-bond acceptors (Lipinski definition) is 4. The molecule has 4 aromatic carbocycles. The van der Waals surface area contributed by atoms with Crippen LogP contribution in [0.15, 0.2) is 84.4 Å². The number of nitrogens with one attached hydrogen (secondary N) is 1. The molecular weight excluding hydrogens is 472 g/mol. The molecule has 0 saturated carbocycles. The van der Waals surface area contributed by atoms with E-state index in [4.69, 9.17) is 21.1 Å². The van der Waals surface area contributed by atoms with Crippen molar-refractivity contribution in [1.29, 1.82) is 5.26 Å². The lowest BCUT2D eigenvalue weighted by Crippen LogP contribution is -2.14. The van der Waals surface area contributed by atoms with Crippen molar-refractivity contribution in [2.24, 2.45) is 0 Å². The SMILES string of the molecule is CCOc1cc(/C=C(\C#N)C(=O)Nc2cccc(Cl)c2C)ccc1OCc1ccc2ccccc2c1. The summed E-state index contributed by atoms with van der Waals surface area (Å²) in [6.07, 6.45) is 1.52. The zero-order chi connectivity index (χ0) is 25.5. The van der Waals surface area contributed by atoms with E-state index in [1.165, 1.54) is 11.5 Å². The van der Waals surface area contributed by atoms with E-state index in [0.29, 0.717) is 41.0 Å². The average Bonchev–Trinajstić information content (AvgIpc) is 2.89. The van der Waals surface area contributed by atoms with Crippen molar-refractivity contribution in [2.75, 3.05) is 11.9 Å². The van der Waals surface area contributed by atoms with E-state index in [1.807, 2.05) is 31.2 Å². The molecule has 0 unspecified atom stereocenters. The van der Waals surface area contributed by atoms with Gasteiger partial charge in [0.15, 0.2) is 11.5 Å². The average molecular weight is 497 g/mol. The Morgan fingerprint density at radius 3 is 2.56 bits per heavy atom. The summed E-state index contributed by atoms with van der Waals surface area (Å²) in [5.41, 5.74) is 2.94. The summed E-state index contributed by atoms with van der Waals surface area (Å²) in [7, 11) is 0. The van der Waals surface area contributed by atoms with Crippen LogP contribution in [0.2, 0.25) is 5.02 Å². The van der Waals surface area contributed by atoms with Crippen LogP contribution < -0.4 is 14.8 Å². The van der Waals surface area contributed by atoms with Crippen LogP contribution >= 0.6 is 11.6 Å². The quantitative estimate of drug-likeness (QED) is 0.205. The maximum atomic E-state index is 12.7. The highest BCUT2D eigenvalue weighted by Crippen LogP contribution is 2.31. The second-order valence-electron chi connectivity index (χ2n) is 8.15. The Balaban J connectivity index is 1.52. The van der Waals surface area contributed by atoms with Crippen LogP contribution in [-0.2, 0) is 11.4 Å². The lowest BCUT2D eigenvalue weighted by molar-refractivity contribution is -0.112. The summed E-state index contributed by atoms with van der Waals surface area (Å²) < 4.78 is 11.8. The monoisotopic (exact) mass is 496 g/mol. The van der Waals surface area contributed by atoms with Crippen LogP contribution in [-0.4, -0.2) is 12.5 Å². The number of nitrogens with zero attached hydrogens (tertiary/aromatic N) is 1. The normalized spacial score (nSPS) is 11.1. The molecule has 36 heavy (non-hydrogen) atoms. The highest BCUT2D eigenvalue weighted by atomic mass is 35.5. The van der Waals surface area contributed by atoms with Gasteiger partial charge in [-0.3, -0.25) is 4.79 Å². The number of fused-ring (bicyclic) bond motifs is 1. The van der Waals surface area contributed by atoms with E-state index in [1.54, 1.807) is 43.3 Å². The van der Waals surface area contributed by atoms with Crippen LogP contribution in [0, 0.1) is 18.3 Å². The first-order valence-electron chi connectivity index (χ1n) is 11.5. The Morgan fingerprint density at radius 2 is 1.78 bits per heavy atom. The predicted octanol–water partition coefficient (Wildman–Crippen LogP) is 7.33. The first-order valence-corrected chi connectivity index (χ1v) is 11.9. The Kier molecular flexibility index (Phi) is 7.89. The van der Waals surface area contributed by atoms with Crippen LogP contribution in [0.1, 0.15) is 23.6 Å². The number of hydrogen-bond donors (Lipinski definition) is 1. The van der Waals surface area contributed by atoms with Crippen molar-refractivity contribution >= 4 is 40.0 Å². The molecule has 1 amide bonds. The van der Waals surface area contributed by atoms with Gasteiger partial charge < -0.3 is 14.8 Å². The van der Waals surface area contributed by atoms with Gasteiger partial charge >= 0.3 is 0 Å². The lowest BCUT2D eigenvalue weighted by Gasteiger charge is -2.13. The Bertz CT molecular complexity index is 1490. The van der Waals surface area contributed by atoms with Gasteiger partial charge in [-0.1, -0.05) is 60.1 Å². The third kappa shape index (κ3) is 5.86. The summed E-state index contributed by atoms with van der Waals surface area (Å²) in [4.78, 5) is 12.7. The molecule has 0 heterocycles. The molecule has 0 aliphatic rings. The number of carbonyl (C=O) groups is 1. The highest BCUT2D eigenvalue weighted by Gasteiger charge is 2.13. The molecule has 180 valence electrons. The molecule has 0 saturated heterocycles. The van der Waals surface area contributed by atoms with Gasteiger partial charge in [0, 0.05) is 10.7 Å². The number of halogens is 1. The Morgan fingerprint density at radius 1 is 0.972 bits per heavy atom. The second kappa shape index (κ2) is 11.4. The third-order valence-electron chi connectivity index (χ3n) is 5.67. The van der Waals surface area contributed by atoms with Crippen molar-refractivity contribution < 1.29 is 14.3 Å². The number of anilines is 1. The Labute approximate surface area is 215 Å². The molecule has 0 aliphatic heterocycles. The number of nitriles is 1. The van der Waals surface area contributed by atoms with Crippen molar-refractivity contribution in [3.05, 3.63) is 106 Å². The van der Waals surface area contributed by atoms with E-state index in [9.17, 15) is 10.1 Å². The smallest absolute Gasteiger partial charge is 0.266 e. The third-order valence-corrected chi connectivity index (χ3v) is 6.08. The first-order chi connectivity index (χ1) is 17.5. The minimum Gasteiger partial charge on any atom is -0.490 e. The number of ether oxygens (including phenoxy) is 2. The molecule has 0 fully saturated rings. The van der Waals surface area contributed by atoms with Crippen molar-refractivity contribution in [2.45, 2.75) is 20.5 Å². The fourth-order valence-electron chi connectivity index (χ4n) is 3.74. The van der Waals surface area contributed by atoms with Crippen LogP contribution in [0.3, 0.4) is 0 Å². The molecule has 0 bridgehead atoms. The highest BCUT2D eigenvalue weighted by molar-refractivity contribution is 6.31. The first kappa shape index (κ1) is 24.8. The number of rotatable bonds is 8. The van der Waals surface area contributed by atoms with Gasteiger partial charge in [0.2, 0.25) is 0 Å². The molecule has 4 rings (SSSR count). The number of carbonyl (C=O) groups excluding carboxylic acids is 1. The molecule has 1 N–H and O–H groups in total. The van der Waals surface area contributed by atoms with Crippen LogP contribution in [0.4, 0.5) is 5.69 Å². The minimum absolute atomic E-state index is 0.0401. The van der Waals surface area contributed by atoms with Gasteiger partial charge in [0.25, 0.3) is 5.91 Å². The largest absolute Gasteiger partial charge is 0.490 e. The predicted molar refractivity (Wildman–Crippen MR) is 144 cm³/mol. The van der Waals surface area contributed by atoms with E-state index >= 15 is 0 Å². The van der Waals surface area contributed by atoms with Gasteiger partial charge in [-0.2, -0.15) is 5.26 Å². The minimum atomic E-state index is -0.516. The molecule has 0 atom stereocenters. The van der Waals surface area contributed by atoms with E-state index in [-0.39, 0.29) is 5.57 Å². The summed E-state index contributed by atoms with van der Waals surface area (Å²) in [5, 5.41) is 15.2. The van der Waals surface area contributed by atoms with E-state index < -0.39 is 5.91 Å². The van der Waals surface area contributed by atoms with E-state index in [2.05, 4.69) is 29.6 Å². The van der Waals surface area contributed by atoms with Crippen molar-refractivity contribution in [1.82, 2.24) is 0 Å². The summed E-state index contributed by atoms with van der Waals surface area (Å²) in [5.74, 6) is 0.604. The van der Waals surface area contributed by atoms with Crippen LogP contribution in [0.25, 0.3) is 16.8 Å². The second-order valence-corrected chi connectivity index (χ2v) is 8.55. The molecule has 0 radical (unpaired) electrons. The van der Waals surface area contributed by atoms with Crippen molar-refractivity contribution in [3.63, 3.8) is 0 Å². The molecule has 0 spiro atoms. The summed E-state index contributed by atoms with van der Waals surface area (Å²) in [6, 6.07) is 26.9. The lowest BCUT2D eigenvalue weighted by atomic mass is 10.1. The topological polar surface area (TPSA) is 71.3 Å². The Hall–Kier alpha value is -4.27. The van der Waals surface area contributed by atoms with Gasteiger partial charge in [0.05, 0.1) is 6.61 Å². The maximum absolute atomic E-state index is 12.7. The maximum Gasteiger partial charge on any atom is 0.266 e. The van der Waals surface area contributed by atoms with Crippen molar-refractivity contribution in [3.8, 4) is 17.6 Å². The zero-order valence-corrected chi connectivity index (χ0v) is 20.8. The van der Waals surface area contributed by atoms with E-state index in [0.717, 1.165) is 16.5 Å². The molecule has 4 aromatic rings. The van der Waals surface area contributed by atoms with Gasteiger partial charge in [0.1, 0.15) is 18.2 Å². The fourth-order valence-corrected chi connectivity index (χ4v) is 3.91. The van der Waals surface area contributed by atoms with Gasteiger partial charge in [-0.15, -0.1) is 0 Å². The summed E-state index contributed by atoms with van der Waals surface area (Å²) in [6.45, 7) is 4.51. The molecule has 6 heteroatoms. The number of benzene rings is 4. The zero-order valence-electron chi connectivity index (χ0n) is 20.0. The summed E-state index contributed by atoms with van der Waals surface area (Å²) >= 11 is 6.14. The molecule has 0 aliphatic carbocycles. The van der Waals surface area contributed by atoms with Gasteiger partial charge in [-0.05, 0) is 77.7 Å². The van der Waals surface area contributed by atoms with Gasteiger partial charge in [-0.25, -0.2) is 0 Å². The molecular formula is C30H25ClN2O3. The standard InChI is InChI=1S/C30H25ClN2O3/c1-3-35-29-17-21(15-25(18-32)30(34)33-27-10-6-9-26(31)20(27)2)12-14-28(29)36-19-22-11-13-23-7-4-5-8-24(23)16-22/h4-17H,3,19H2,1-2H3,(H,33,34)/b25-15+.